The largest absolute Gasteiger partial charge is 0.296 e. The predicted octanol–water partition coefficient (Wildman–Crippen LogP) is 3.92. The summed E-state index contributed by atoms with van der Waals surface area (Å²) < 4.78 is 12.9. The Morgan fingerprint density at radius 2 is 1.71 bits per heavy atom. The fourth-order valence-corrected chi connectivity index (χ4v) is 2.32. The zero-order chi connectivity index (χ0) is 16.9. The van der Waals surface area contributed by atoms with Crippen molar-refractivity contribution in [3.05, 3.63) is 90.0 Å². The molecule has 0 atom stereocenters. The Morgan fingerprint density at radius 3 is 2.42 bits per heavy atom. The van der Waals surface area contributed by atoms with Crippen molar-refractivity contribution in [3.8, 4) is 11.1 Å². The molecule has 0 aliphatic carbocycles. The van der Waals surface area contributed by atoms with Crippen LogP contribution in [0.3, 0.4) is 0 Å². The van der Waals surface area contributed by atoms with Gasteiger partial charge >= 0.3 is 0 Å². The van der Waals surface area contributed by atoms with Crippen molar-refractivity contribution >= 4 is 5.91 Å². The third-order valence-electron chi connectivity index (χ3n) is 3.57. The Labute approximate surface area is 138 Å². The molecular weight excluding hydrogens is 307 g/mol. The van der Waals surface area contributed by atoms with E-state index in [0.717, 1.165) is 11.1 Å². The average Bonchev–Trinajstić information content (AvgIpc) is 2.64. The third-order valence-corrected chi connectivity index (χ3v) is 3.57. The van der Waals surface area contributed by atoms with Crippen molar-refractivity contribution in [2.45, 2.75) is 6.54 Å². The minimum absolute atomic E-state index is 0.0453. The molecule has 1 aromatic heterocycles. The third kappa shape index (κ3) is 3.64. The number of carbonyl (C=O) groups is 1. The van der Waals surface area contributed by atoms with Crippen LogP contribution >= 0.6 is 0 Å². The quantitative estimate of drug-likeness (QED) is 0.585. The van der Waals surface area contributed by atoms with Gasteiger partial charge in [-0.3, -0.25) is 15.0 Å². The fraction of sp³-hybridized carbons (Fsp3) is 0.0526. The smallest absolute Gasteiger partial charge is 0.285 e. The van der Waals surface area contributed by atoms with Crippen molar-refractivity contribution in [3.63, 3.8) is 0 Å². The van der Waals surface area contributed by atoms with Crippen LogP contribution in [-0.4, -0.2) is 21.2 Å². The second-order valence-electron chi connectivity index (χ2n) is 5.29. The number of pyridine rings is 1. The van der Waals surface area contributed by atoms with Crippen molar-refractivity contribution in [2.75, 3.05) is 0 Å². The van der Waals surface area contributed by atoms with Crippen LogP contribution in [0.2, 0.25) is 0 Å². The van der Waals surface area contributed by atoms with Gasteiger partial charge in [-0.05, 0) is 41.0 Å². The summed E-state index contributed by atoms with van der Waals surface area (Å²) in [5.74, 6) is -0.982. The highest BCUT2D eigenvalue weighted by molar-refractivity contribution is 5.92. The van der Waals surface area contributed by atoms with E-state index in [1.54, 1.807) is 12.1 Å². The molecule has 1 heterocycles. The minimum atomic E-state index is -0.614. The average molecular weight is 322 g/mol. The number of hydrogen-bond donors (Lipinski definition) is 1. The normalized spacial score (nSPS) is 10.4. The van der Waals surface area contributed by atoms with E-state index in [1.165, 1.54) is 30.5 Å². The summed E-state index contributed by atoms with van der Waals surface area (Å²) in [6, 6.07) is 18.6. The first-order valence-corrected chi connectivity index (χ1v) is 7.40. The molecule has 0 saturated heterocycles. The maximum absolute atomic E-state index is 12.9. The number of aromatic nitrogens is 1. The molecule has 1 amide bonds. The van der Waals surface area contributed by atoms with E-state index >= 15 is 0 Å². The van der Waals surface area contributed by atoms with Gasteiger partial charge in [0.2, 0.25) is 0 Å². The maximum atomic E-state index is 12.9. The van der Waals surface area contributed by atoms with Gasteiger partial charge in [0.15, 0.2) is 0 Å². The highest BCUT2D eigenvalue weighted by atomic mass is 19.1. The molecule has 0 fully saturated rings. The Balaban J connectivity index is 1.78. The second kappa shape index (κ2) is 7.02. The van der Waals surface area contributed by atoms with Gasteiger partial charge in [-0.15, -0.1) is 0 Å². The predicted molar refractivity (Wildman–Crippen MR) is 87.7 cm³/mol. The number of carbonyl (C=O) groups excluding carboxylic acids is 1. The Morgan fingerprint density at radius 1 is 1.00 bits per heavy atom. The topological polar surface area (TPSA) is 53.4 Å². The van der Waals surface area contributed by atoms with Crippen molar-refractivity contribution in [1.82, 2.24) is 10.0 Å². The summed E-state index contributed by atoms with van der Waals surface area (Å²) in [6.45, 7) is -0.0453. The van der Waals surface area contributed by atoms with Gasteiger partial charge in [-0.25, -0.2) is 9.45 Å². The van der Waals surface area contributed by atoms with Crippen LogP contribution in [0, 0.1) is 5.82 Å². The lowest BCUT2D eigenvalue weighted by atomic mass is 10.1. The molecule has 0 spiro atoms. The van der Waals surface area contributed by atoms with Gasteiger partial charge < -0.3 is 0 Å². The van der Waals surface area contributed by atoms with E-state index in [-0.39, 0.29) is 18.1 Å². The standard InChI is InChI=1S/C19H15FN2O2/c20-17-8-6-14(7-9-17)13-22(24)19(23)18-12-16(10-11-21-18)15-4-2-1-3-5-15/h1-12,24H,13H2. The van der Waals surface area contributed by atoms with Crippen LogP contribution in [0.25, 0.3) is 11.1 Å². The minimum Gasteiger partial charge on any atom is -0.285 e. The SMILES string of the molecule is O=C(c1cc(-c2ccccc2)ccn1)N(O)Cc1ccc(F)cc1. The molecule has 0 saturated carbocycles. The maximum Gasteiger partial charge on any atom is 0.296 e. The summed E-state index contributed by atoms with van der Waals surface area (Å²) in [5, 5.41) is 10.6. The van der Waals surface area contributed by atoms with Crippen LogP contribution in [0.15, 0.2) is 72.9 Å². The molecule has 3 rings (SSSR count). The lowest BCUT2D eigenvalue weighted by Gasteiger charge is -2.15. The number of halogens is 1. The zero-order valence-corrected chi connectivity index (χ0v) is 12.8. The van der Waals surface area contributed by atoms with Crippen LogP contribution in [0.4, 0.5) is 4.39 Å². The summed E-state index contributed by atoms with van der Waals surface area (Å²) in [6.07, 6.45) is 1.53. The van der Waals surface area contributed by atoms with E-state index in [1.807, 2.05) is 30.3 Å². The van der Waals surface area contributed by atoms with Gasteiger partial charge in [0.05, 0.1) is 6.54 Å². The van der Waals surface area contributed by atoms with Crippen molar-refractivity contribution < 1.29 is 14.4 Å². The van der Waals surface area contributed by atoms with Gasteiger partial charge in [0, 0.05) is 6.20 Å². The molecule has 24 heavy (non-hydrogen) atoms. The van der Waals surface area contributed by atoms with E-state index in [0.29, 0.717) is 10.6 Å². The lowest BCUT2D eigenvalue weighted by Crippen LogP contribution is -2.27. The van der Waals surface area contributed by atoms with Crippen molar-refractivity contribution in [1.29, 1.82) is 0 Å². The second-order valence-corrected chi connectivity index (χ2v) is 5.29. The highest BCUT2D eigenvalue weighted by Crippen LogP contribution is 2.19. The Kier molecular flexibility index (Phi) is 4.63. The summed E-state index contributed by atoms with van der Waals surface area (Å²) in [4.78, 5) is 16.4. The fourth-order valence-electron chi connectivity index (χ4n) is 2.32. The van der Waals surface area contributed by atoms with E-state index in [2.05, 4.69) is 4.98 Å². The molecule has 0 radical (unpaired) electrons. The molecule has 0 aliphatic rings. The first-order valence-electron chi connectivity index (χ1n) is 7.40. The molecule has 5 heteroatoms. The molecule has 2 aromatic carbocycles. The monoisotopic (exact) mass is 322 g/mol. The molecule has 0 unspecified atom stereocenters. The first-order chi connectivity index (χ1) is 11.6. The number of benzene rings is 2. The Bertz CT molecular complexity index is 836. The first kappa shape index (κ1) is 15.8. The number of nitrogens with zero attached hydrogens (tertiary/aromatic N) is 2. The molecule has 0 bridgehead atoms. The molecule has 1 N–H and O–H groups in total. The summed E-state index contributed by atoms with van der Waals surface area (Å²) in [5.41, 5.74) is 2.55. The van der Waals surface area contributed by atoms with Crippen LogP contribution < -0.4 is 0 Å². The summed E-state index contributed by atoms with van der Waals surface area (Å²) in [7, 11) is 0. The van der Waals surface area contributed by atoms with Gasteiger partial charge in [-0.1, -0.05) is 42.5 Å². The van der Waals surface area contributed by atoms with Gasteiger partial charge in [0.1, 0.15) is 11.5 Å². The lowest BCUT2D eigenvalue weighted by molar-refractivity contribution is -0.0652. The van der Waals surface area contributed by atoms with E-state index in [4.69, 9.17) is 0 Å². The number of hydrogen-bond acceptors (Lipinski definition) is 3. The number of hydroxylamine groups is 2. The molecule has 3 aromatic rings. The molecular formula is C19H15FN2O2. The molecule has 0 aliphatic heterocycles. The number of amides is 1. The Hall–Kier alpha value is -3.05. The van der Waals surface area contributed by atoms with E-state index < -0.39 is 5.91 Å². The summed E-state index contributed by atoms with van der Waals surface area (Å²) >= 11 is 0. The van der Waals surface area contributed by atoms with Crippen LogP contribution in [0.5, 0.6) is 0 Å². The van der Waals surface area contributed by atoms with Crippen molar-refractivity contribution in [2.24, 2.45) is 0 Å². The van der Waals surface area contributed by atoms with Crippen LogP contribution in [-0.2, 0) is 6.54 Å². The molecule has 4 nitrogen and oxygen atoms in total. The molecule has 120 valence electrons. The van der Waals surface area contributed by atoms with Crippen LogP contribution in [0.1, 0.15) is 16.1 Å². The van der Waals surface area contributed by atoms with Gasteiger partial charge in [0.25, 0.3) is 5.91 Å². The van der Waals surface area contributed by atoms with Gasteiger partial charge in [-0.2, -0.15) is 0 Å². The zero-order valence-electron chi connectivity index (χ0n) is 12.8. The van der Waals surface area contributed by atoms with E-state index in [9.17, 15) is 14.4 Å². The number of rotatable bonds is 4. The highest BCUT2D eigenvalue weighted by Gasteiger charge is 2.16.